The SMILES string of the molecule is COC(=O)CC[C@H]1CC(C(=O)OC)=C2Nc3ccccc3[C@]23CCN(Cc2ccccc2)[C@H]13. The summed E-state index contributed by atoms with van der Waals surface area (Å²) in [6.45, 7) is 1.76. The molecule has 33 heavy (non-hydrogen) atoms. The number of rotatable bonds is 6. The molecule has 1 spiro atoms. The maximum atomic E-state index is 12.9. The second-order valence-electron chi connectivity index (χ2n) is 9.22. The lowest BCUT2D eigenvalue weighted by molar-refractivity contribution is -0.141. The van der Waals surface area contributed by atoms with E-state index in [9.17, 15) is 9.59 Å². The number of benzene rings is 2. The first kappa shape index (κ1) is 21.7. The number of methoxy groups -OCH3 is 2. The first-order chi connectivity index (χ1) is 16.1. The highest BCUT2D eigenvalue weighted by molar-refractivity contribution is 5.93. The Morgan fingerprint density at radius 3 is 2.58 bits per heavy atom. The van der Waals surface area contributed by atoms with Crippen LogP contribution in [0.3, 0.4) is 0 Å². The number of hydrogen-bond acceptors (Lipinski definition) is 6. The third kappa shape index (κ3) is 3.53. The van der Waals surface area contributed by atoms with Crippen molar-refractivity contribution in [2.75, 3.05) is 26.1 Å². The molecule has 5 rings (SSSR count). The third-order valence-corrected chi connectivity index (χ3v) is 7.63. The topological polar surface area (TPSA) is 67.9 Å². The monoisotopic (exact) mass is 446 g/mol. The van der Waals surface area contributed by atoms with Gasteiger partial charge in [-0.15, -0.1) is 0 Å². The number of likely N-dealkylation sites (tertiary alicyclic amines) is 1. The molecule has 0 unspecified atom stereocenters. The van der Waals surface area contributed by atoms with Crippen LogP contribution in [0.25, 0.3) is 0 Å². The molecule has 3 atom stereocenters. The molecule has 1 aliphatic carbocycles. The van der Waals surface area contributed by atoms with Gasteiger partial charge in [0, 0.05) is 36.9 Å². The molecule has 1 fully saturated rings. The van der Waals surface area contributed by atoms with E-state index in [2.05, 4.69) is 52.7 Å². The van der Waals surface area contributed by atoms with E-state index in [1.54, 1.807) is 0 Å². The Bertz CT molecular complexity index is 1100. The van der Waals surface area contributed by atoms with Crippen molar-refractivity contribution in [1.29, 1.82) is 0 Å². The molecule has 1 saturated heterocycles. The number of carbonyl (C=O) groups is 2. The molecule has 172 valence electrons. The smallest absolute Gasteiger partial charge is 0.335 e. The first-order valence-electron chi connectivity index (χ1n) is 11.6. The van der Waals surface area contributed by atoms with Gasteiger partial charge in [0.15, 0.2) is 0 Å². The molecular weight excluding hydrogens is 416 g/mol. The number of fused-ring (bicyclic) bond motifs is 1. The molecular formula is C27H30N2O4. The van der Waals surface area contributed by atoms with E-state index in [4.69, 9.17) is 9.47 Å². The summed E-state index contributed by atoms with van der Waals surface area (Å²) < 4.78 is 10.2. The third-order valence-electron chi connectivity index (χ3n) is 7.63. The van der Waals surface area contributed by atoms with Crippen LogP contribution in [0.2, 0.25) is 0 Å². The van der Waals surface area contributed by atoms with Crippen LogP contribution in [0.15, 0.2) is 65.9 Å². The number of nitrogens with zero attached hydrogens (tertiary/aromatic N) is 1. The summed E-state index contributed by atoms with van der Waals surface area (Å²) in [6, 6.07) is 19.1. The first-order valence-corrected chi connectivity index (χ1v) is 11.6. The van der Waals surface area contributed by atoms with Gasteiger partial charge in [-0.2, -0.15) is 0 Å². The van der Waals surface area contributed by atoms with Crippen molar-refractivity contribution >= 4 is 17.6 Å². The highest BCUT2D eigenvalue weighted by atomic mass is 16.5. The molecule has 0 aromatic heterocycles. The summed E-state index contributed by atoms with van der Waals surface area (Å²) in [6.07, 6.45) is 2.50. The van der Waals surface area contributed by atoms with Crippen molar-refractivity contribution in [2.45, 2.75) is 43.7 Å². The van der Waals surface area contributed by atoms with E-state index in [-0.39, 0.29) is 29.3 Å². The molecule has 2 aromatic carbocycles. The Labute approximate surface area is 194 Å². The van der Waals surface area contributed by atoms with E-state index >= 15 is 0 Å². The Kier molecular flexibility index (Phi) is 5.71. The standard InChI is InChI=1S/C27H30N2O4/c1-32-23(30)13-12-19-16-20(26(31)33-2)24-27(21-10-6-7-11-22(21)28-24)14-15-29(25(19)27)17-18-8-4-3-5-9-18/h3-11,19,25,28H,12-17H2,1-2H3/t19-,25+,27+/m0/s1. The maximum absolute atomic E-state index is 12.9. The normalized spacial score (nSPS) is 25.6. The fraction of sp³-hybridized carbons (Fsp3) is 0.407. The molecule has 0 saturated carbocycles. The van der Waals surface area contributed by atoms with Crippen molar-refractivity contribution < 1.29 is 19.1 Å². The lowest BCUT2D eigenvalue weighted by Crippen LogP contribution is -2.51. The Hall–Kier alpha value is -3.12. The number of hydrogen-bond donors (Lipinski definition) is 1. The molecule has 2 heterocycles. The Morgan fingerprint density at radius 1 is 1.06 bits per heavy atom. The van der Waals surface area contributed by atoms with Crippen LogP contribution in [-0.2, 0) is 31.0 Å². The zero-order valence-electron chi connectivity index (χ0n) is 19.2. The summed E-state index contributed by atoms with van der Waals surface area (Å²) >= 11 is 0. The highest BCUT2D eigenvalue weighted by Crippen LogP contribution is 2.59. The van der Waals surface area contributed by atoms with E-state index in [1.165, 1.54) is 25.3 Å². The predicted octanol–water partition coefficient (Wildman–Crippen LogP) is 4.02. The average Bonchev–Trinajstić information content (AvgIpc) is 3.40. The summed E-state index contributed by atoms with van der Waals surface area (Å²) in [5, 5.41) is 3.61. The molecule has 6 heteroatoms. The summed E-state index contributed by atoms with van der Waals surface area (Å²) in [5.74, 6) is -0.371. The fourth-order valence-corrected chi connectivity index (χ4v) is 6.34. The van der Waals surface area contributed by atoms with Crippen molar-refractivity contribution in [3.8, 4) is 0 Å². The summed E-state index contributed by atoms with van der Waals surface area (Å²) in [7, 11) is 2.87. The van der Waals surface area contributed by atoms with Gasteiger partial charge in [0.2, 0.25) is 0 Å². The molecule has 0 bridgehead atoms. The Morgan fingerprint density at radius 2 is 1.82 bits per heavy atom. The van der Waals surface area contributed by atoms with Gasteiger partial charge >= 0.3 is 11.9 Å². The number of para-hydroxylation sites is 1. The van der Waals surface area contributed by atoms with Crippen LogP contribution >= 0.6 is 0 Å². The molecule has 0 radical (unpaired) electrons. The van der Waals surface area contributed by atoms with Gasteiger partial charge in [-0.3, -0.25) is 9.69 Å². The van der Waals surface area contributed by atoms with E-state index in [0.717, 1.165) is 30.9 Å². The molecule has 3 aliphatic rings. The summed E-state index contributed by atoms with van der Waals surface area (Å²) in [4.78, 5) is 27.5. The number of anilines is 1. The van der Waals surface area contributed by atoms with Crippen molar-refractivity contribution in [3.63, 3.8) is 0 Å². The van der Waals surface area contributed by atoms with E-state index in [0.29, 0.717) is 24.8 Å². The molecule has 2 aliphatic heterocycles. The van der Waals surface area contributed by atoms with E-state index < -0.39 is 0 Å². The maximum Gasteiger partial charge on any atom is 0.335 e. The minimum Gasteiger partial charge on any atom is -0.469 e. The van der Waals surface area contributed by atoms with Gasteiger partial charge in [0.25, 0.3) is 0 Å². The van der Waals surface area contributed by atoms with Crippen LogP contribution in [0.1, 0.15) is 36.8 Å². The Balaban J connectivity index is 1.62. The second-order valence-corrected chi connectivity index (χ2v) is 9.22. The second kappa shape index (κ2) is 8.67. The average molecular weight is 447 g/mol. The van der Waals surface area contributed by atoms with Crippen molar-refractivity contribution in [1.82, 2.24) is 4.90 Å². The predicted molar refractivity (Wildman–Crippen MR) is 125 cm³/mol. The van der Waals surface area contributed by atoms with Crippen LogP contribution < -0.4 is 5.32 Å². The molecule has 6 nitrogen and oxygen atoms in total. The van der Waals surface area contributed by atoms with Gasteiger partial charge in [-0.1, -0.05) is 48.5 Å². The molecule has 1 N–H and O–H groups in total. The van der Waals surface area contributed by atoms with Crippen LogP contribution in [-0.4, -0.2) is 43.6 Å². The quantitative estimate of drug-likeness (QED) is 0.676. The highest BCUT2D eigenvalue weighted by Gasteiger charge is 2.60. The van der Waals surface area contributed by atoms with Crippen molar-refractivity contribution in [3.05, 3.63) is 77.0 Å². The minimum atomic E-state index is -0.312. The number of carbonyl (C=O) groups excluding carboxylic acids is 2. The lowest BCUT2D eigenvalue weighted by atomic mass is 9.62. The van der Waals surface area contributed by atoms with Crippen LogP contribution in [0, 0.1) is 5.92 Å². The number of ether oxygens (including phenoxy) is 2. The van der Waals surface area contributed by atoms with Crippen LogP contribution in [0.4, 0.5) is 5.69 Å². The zero-order valence-corrected chi connectivity index (χ0v) is 19.2. The van der Waals surface area contributed by atoms with Crippen molar-refractivity contribution in [2.24, 2.45) is 5.92 Å². The van der Waals surface area contributed by atoms with Gasteiger partial charge in [0.1, 0.15) is 0 Å². The number of esters is 2. The largest absolute Gasteiger partial charge is 0.469 e. The zero-order chi connectivity index (χ0) is 23.0. The van der Waals surface area contributed by atoms with Gasteiger partial charge in [0.05, 0.1) is 25.2 Å². The van der Waals surface area contributed by atoms with Gasteiger partial charge in [-0.05, 0) is 42.4 Å². The molecule has 2 aromatic rings. The van der Waals surface area contributed by atoms with E-state index in [1.807, 2.05) is 12.1 Å². The number of nitrogens with one attached hydrogen (secondary N) is 1. The molecule has 0 amide bonds. The van der Waals surface area contributed by atoms with Crippen LogP contribution in [0.5, 0.6) is 0 Å². The van der Waals surface area contributed by atoms with Gasteiger partial charge < -0.3 is 14.8 Å². The minimum absolute atomic E-state index is 0.126. The van der Waals surface area contributed by atoms with Gasteiger partial charge in [-0.25, -0.2) is 4.79 Å². The lowest BCUT2D eigenvalue weighted by Gasteiger charge is -2.46. The fourth-order valence-electron chi connectivity index (χ4n) is 6.34. The summed E-state index contributed by atoms with van der Waals surface area (Å²) in [5.41, 5.74) is 4.96.